The van der Waals surface area contributed by atoms with E-state index in [1.54, 1.807) is 0 Å². The van der Waals surface area contributed by atoms with Crippen molar-refractivity contribution in [3.05, 3.63) is 35.9 Å². The Balaban J connectivity index is 1.77. The van der Waals surface area contributed by atoms with Crippen molar-refractivity contribution < 1.29 is 4.79 Å². The lowest BCUT2D eigenvalue weighted by molar-refractivity contribution is -0.122. The fraction of sp³-hybridized carbons (Fsp3) is 0.562. The number of nitrogens with one attached hydrogen (secondary N) is 1. The van der Waals surface area contributed by atoms with Crippen LogP contribution in [0.25, 0.3) is 0 Å². The molecule has 2 rings (SSSR count). The molecule has 0 aliphatic heterocycles. The van der Waals surface area contributed by atoms with Gasteiger partial charge in [-0.1, -0.05) is 43.7 Å². The van der Waals surface area contributed by atoms with Crippen molar-refractivity contribution in [3.8, 4) is 0 Å². The largest absolute Gasteiger partial charge is 0.356 e. The van der Waals surface area contributed by atoms with E-state index in [4.69, 9.17) is 11.6 Å². The Morgan fingerprint density at radius 3 is 2.79 bits per heavy atom. The van der Waals surface area contributed by atoms with Crippen LogP contribution in [0, 0.1) is 11.8 Å². The lowest BCUT2D eigenvalue weighted by Crippen LogP contribution is -2.30. The number of carbonyl (C=O) groups excluding carboxylic acids is 1. The van der Waals surface area contributed by atoms with Crippen LogP contribution in [0.5, 0.6) is 0 Å². The highest BCUT2D eigenvalue weighted by atomic mass is 35.5. The van der Waals surface area contributed by atoms with E-state index in [0.29, 0.717) is 17.7 Å². The van der Waals surface area contributed by atoms with E-state index < -0.39 is 0 Å². The number of rotatable bonds is 7. The Kier molecular flexibility index (Phi) is 5.26. The second-order valence-corrected chi connectivity index (χ2v) is 5.73. The summed E-state index contributed by atoms with van der Waals surface area (Å²) in [5.41, 5.74) is 1.29. The minimum atomic E-state index is 0.177. The van der Waals surface area contributed by atoms with E-state index in [0.717, 1.165) is 25.8 Å². The molecule has 3 atom stereocenters. The molecule has 1 aliphatic carbocycles. The summed E-state index contributed by atoms with van der Waals surface area (Å²) < 4.78 is 0. The molecule has 0 heterocycles. The summed E-state index contributed by atoms with van der Waals surface area (Å²) in [7, 11) is 0. The zero-order valence-electron chi connectivity index (χ0n) is 11.4. The molecule has 1 aliphatic rings. The maximum Gasteiger partial charge on any atom is 0.223 e. The molecule has 19 heavy (non-hydrogen) atoms. The van der Waals surface area contributed by atoms with Gasteiger partial charge in [-0.2, -0.15) is 0 Å². The second-order valence-electron chi connectivity index (χ2n) is 5.36. The third kappa shape index (κ3) is 3.97. The molecule has 3 heteroatoms. The SMILES string of the molecule is CCC(CCCl)CNC(=O)C1CC1c1ccccc1. The third-order valence-electron chi connectivity index (χ3n) is 4.01. The first-order valence-corrected chi connectivity index (χ1v) is 7.68. The fourth-order valence-corrected chi connectivity index (χ4v) is 2.84. The highest BCUT2D eigenvalue weighted by Crippen LogP contribution is 2.47. The van der Waals surface area contributed by atoms with Crippen molar-refractivity contribution >= 4 is 17.5 Å². The van der Waals surface area contributed by atoms with Crippen LogP contribution in [0.2, 0.25) is 0 Å². The predicted molar refractivity (Wildman–Crippen MR) is 79.4 cm³/mol. The van der Waals surface area contributed by atoms with E-state index in [-0.39, 0.29) is 11.8 Å². The van der Waals surface area contributed by atoms with Gasteiger partial charge in [0.15, 0.2) is 0 Å². The molecule has 1 fully saturated rings. The maximum atomic E-state index is 12.1. The van der Waals surface area contributed by atoms with Crippen molar-refractivity contribution in [3.63, 3.8) is 0 Å². The van der Waals surface area contributed by atoms with Gasteiger partial charge in [0.1, 0.15) is 0 Å². The van der Waals surface area contributed by atoms with Crippen LogP contribution in [-0.2, 0) is 4.79 Å². The zero-order valence-corrected chi connectivity index (χ0v) is 12.2. The summed E-state index contributed by atoms with van der Waals surface area (Å²) >= 11 is 5.76. The standard InChI is InChI=1S/C16H22ClNO/c1-2-12(8-9-17)11-18-16(19)15-10-14(15)13-6-4-3-5-7-13/h3-7,12,14-15H,2,8-11H2,1H3,(H,18,19). The van der Waals surface area contributed by atoms with Gasteiger partial charge in [-0.3, -0.25) is 4.79 Å². The average molecular weight is 280 g/mol. The van der Waals surface area contributed by atoms with E-state index >= 15 is 0 Å². The summed E-state index contributed by atoms with van der Waals surface area (Å²) in [6, 6.07) is 10.3. The first-order valence-electron chi connectivity index (χ1n) is 7.14. The monoisotopic (exact) mass is 279 g/mol. The lowest BCUT2D eigenvalue weighted by atomic mass is 10.0. The Labute approximate surface area is 120 Å². The van der Waals surface area contributed by atoms with E-state index in [2.05, 4.69) is 24.4 Å². The van der Waals surface area contributed by atoms with Gasteiger partial charge in [0.05, 0.1) is 0 Å². The molecule has 1 aromatic carbocycles. The first-order chi connectivity index (χ1) is 9.26. The van der Waals surface area contributed by atoms with Crippen LogP contribution in [0.4, 0.5) is 0 Å². The Bertz CT molecular complexity index is 406. The summed E-state index contributed by atoms with van der Waals surface area (Å²) in [5.74, 6) is 1.99. The second kappa shape index (κ2) is 6.95. The molecule has 1 saturated carbocycles. The number of hydrogen-bond donors (Lipinski definition) is 1. The molecule has 0 aromatic heterocycles. The molecule has 0 spiro atoms. The predicted octanol–water partition coefficient (Wildman–Crippen LogP) is 3.56. The van der Waals surface area contributed by atoms with E-state index in [1.165, 1.54) is 5.56 Å². The van der Waals surface area contributed by atoms with Crippen LogP contribution in [0.3, 0.4) is 0 Å². The van der Waals surface area contributed by atoms with Gasteiger partial charge in [-0.25, -0.2) is 0 Å². The van der Waals surface area contributed by atoms with Crippen LogP contribution < -0.4 is 5.32 Å². The number of halogens is 1. The Hall–Kier alpha value is -1.02. The number of benzene rings is 1. The molecule has 0 radical (unpaired) electrons. The van der Waals surface area contributed by atoms with Crippen molar-refractivity contribution in [2.45, 2.75) is 32.1 Å². The first kappa shape index (κ1) is 14.4. The molecule has 1 amide bonds. The van der Waals surface area contributed by atoms with Gasteiger partial charge in [-0.05, 0) is 30.2 Å². The number of carbonyl (C=O) groups is 1. The summed E-state index contributed by atoms with van der Waals surface area (Å²) in [6.45, 7) is 2.91. The van der Waals surface area contributed by atoms with Crippen LogP contribution in [-0.4, -0.2) is 18.3 Å². The summed E-state index contributed by atoms with van der Waals surface area (Å²) in [6.07, 6.45) is 3.03. The number of amides is 1. The fourth-order valence-electron chi connectivity index (χ4n) is 2.53. The van der Waals surface area contributed by atoms with Crippen molar-refractivity contribution in [1.29, 1.82) is 0 Å². The highest BCUT2D eigenvalue weighted by Gasteiger charge is 2.43. The van der Waals surface area contributed by atoms with Crippen molar-refractivity contribution in [1.82, 2.24) is 5.32 Å². The molecule has 0 bridgehead atoms. The quantitative estimate of drug-likeness (QED) is 0.760. The molecule has 1 N–H and O–H groups in total. The van der Waals surface area contributed by atoms with E-state index in [9.17, 15) is 4.79 Å². The topological polar surface area (TPSA) is 29.1 Å². The minimum absolute atomic E-state index is 0.177. The molecule has 3 unspecified atom stereocenters. The van der Waals surface area contributed by atoms with Crippen molar-refractivity contribution in [2.24, 2.45) is 11.8 Å². The van der Waals surface area contributed by atoms with Gasteiger partial charge < -0.3 is 5.32 Å². The minimum Gasteiger partial charge on any atom is -0.356 e. The average Bonchev–Trinajstić information content (AvgIpc) is 3.24. The normalized spacial score (nSPS) is 22.8. The number of hydrogen-bond acceptors (Lipinski definition) is 1. The molecule has 104 valence electrons. The zero-order chi connectivity index (χ0) is 13.7. The van der Waals surface area contributed by atoms with E-state index in [1.807, 2.05) is 18.2 Å². The smallest absolute Gasteiger partial charge is 0.223 e. The lowest BCUT2D eigenvalue weighted by Gasteiger charge is -2.14. The van der Waals surface area contributed by atoms with Crippen molar-refractivity contribution in [2.75, 3.05) is 12.4 Å². The van der Waals surface area contributed by atoms with Crippen LogP contribution in [0.1, 0.15) is 37.7 Å². The van der Waals surface area contributed by atoms with Gasteiger partial charge in [0, 0.05) is 18.3 Å². The summed E-state index contributed by atoms with van der Waals surface area (Å²) in [4.78, 5) is 12.1. The van der Waals surface area contributed by atoms with Gasteiger partial charge in [0.2, 0.25) is 5.91 Å². The third-order valence-corrected chi connectivity index (χ3v) is 4.23. The van der Waals surface area contributed by atoms with Gasteiger partial charge >= 0.3 is 0 Å². The highest BCUT2D eigenvalue weighted by molar-refractivity contribution is 6.17. The number of alkyl halides is 1. The molecular formula is C16H22ClNO. The molecule has 2 nitrogen and oxygen atoms in total. The maximum absolute atomic E-state index is 12.1. The van der Waals surface area contributed by atoms with Gasteiger partial charge in [-0.15, -0.1) is 11.6 Å². The molecule has 0 saturated heterocycles. The Morgan fingerprint density at radius 2 is 2.16 bits per heavy atom. The van der Waals surface area contributed by atoms with Gasteiger partial charge in [0.25, 0.3) is 0 Å². The molecular weight excluding hydrogens is 258 g/mol. The Morgan fingerprint density at radius 1 is 1.42 bits per heavy atom. The molecule has 1 aromatic rings. The summed E-state index contributed by atoms with van der Waals surface area (Å²) in [5, 5.41) is 3.08. The van der Waals surface area contributed by atoms with Crippen LogP contribution >= 0.6 is 11.6 Å². The van der Waals surface area contributed by atoms with Crippen LogP contribution in [0.15, 0.2) is 30.3 Å².